The molecule has 7 heteroatoms. The molecule has 0 aliphatic heterocycles. The van der Waals surface area contributed by atoms with Crippen molar-refractivity contribution in [3.8, 4) is 0 Å². The van der Waals surface area contributed by atoms with E-state index in [1.807, 2.05) is 26.0 Å². The number of hydrogen-bond acceptors (Lipinski definition) is 4. The molecule has 0 saturated heterocycles. The van der Waals surface area contributed by atoms with Crippen LogP contribution in [-0.4, -0.2) is 15.0 Å². The first-order valence-electron chi connectivity index (χ1n) is 6.51. The zero-order chi connectivity index (χ0) is 15.5. The molecular formula is C14H17ClN2O2S2. The molecule has 2 aromatic rings. The fourth-order valence-corrected chi connectivity index (χ4v) is 4.49. The van der Waals surface area contributed by atoms with Crippen LogP contribution in [0.15, 0.2) is 34.5 Å². The molecule has 1 heterocycles. The van der Waals surface area contributed by atoms with Crippen LogP contribution in [0.5, 0.6) is 0 Å². The first kappa shape index (κ1) is 16.3. The van der Waals surface area contributed by atoms with Crippen molar-refractivity contribution in [1.29, 1.82) is 0 Å². The molecule has 0 fully saturated rings. The van der Waals surface area contributed by atoms with Crippen LogP contribution in [0.2, 0.25) is 5.02 Å². The number of benzene rings is 1. The number of aryl methyl sites for hydroxylation is 1. The van der Waals surface area contributed by atoms with E-state index in [9.17, 15) is 8.42 Å². The number of nitrogens with one attached hydrogen (secondary N) is 2. The summed E-state index contributed by atoms with van der Waals surface area (Å²) in [5, 5.41) is 3.56. The molecule has 1 aromatic heterocycles. The van der Waals surface area contributed by atoms with Crippen LogP contribution in [0.3, 0.4) is 0 Å². The van der Waals surface area contributed by atoms with Gasteiger partial charge in [0.25, 0.3) is 10.0 Å². The number of hydrogen-bond donors (Lipinski definition) is 2. The lowest BCUT2D eigenvalue weighted by molar-refractivity contribution is 0.603. The quantitative estimate of drug-likeness (QED) is 0.841. The highest BCUT2D eigenvalue weighted by Gasteiger charge is 2.18. The average Bonchev–Trinajstić information content (AvgIpc) is 2.89. The number of rotatable bonds is 6. The predicted octanol–water partition coefficient (Wildman–Crippen LogP) is 3.62. The number of halogens is 1. The van der Waals surface area contributed by atoms with Gasteiger partial charge in [-0.1, -0.05) is 24.6 Å². The maximum atomic E-state index is 12.3. The van der Waals surface area contributed by atoms with Crippen LogP contribution < -0.4 is 10.0 Å². The van der Waals surface area contributed by atoms with E-state index in [0.717, 1.165) is 17.0 Å². The third-order valence-corrected chi connectivity index (χ3v) is 6.08. The molecule has 0 aliphatic rings. The van der Waals surface area contributed by atoms with Crippen molar-refractivity contribution < 1.29 is 8.42 Å². The van der Waals surface area contributed by atoms with Crippen molar-refractivity contribution in [2.24, 2.45) is 0 Å². The van der Waals surface area contributed by atoms with Crippen LogP contribution in [0.4, 0.5) is 5.69 Å². The average molecular weight is 345 g/mol. The van der Waals surface area contributed by atoms with Crippen molar-refractivity contribution in [2.45, 2.75) is 24.6 Å². The highest BCUT2D eigenvalue weighted by molar-refractivity contribution is 7.94. The molecule has 0 aliphatic carbocycles. The molecule has 4 nitrogen and oxygen atoms in total. The third kappa shape index (κ3) is 4.20. The molecule has 0 amide bonds. The highest BCUT2D eigenvalue weighted by atomic mass is 35.5. The van der Waals surface area contributed by atoms with Gasteiger partial charge in [-0.3, -0.25) is 4.72 Å². The second-order valence-electron chi connectivity index (χ2n) is 4.59. The fourth-order valence-electron chi connectivity index (χ4n) is 1.74. The zero-order valence-electron chi connectivity index (χ0n) is 11.8. The van der Waals surface area contributed by atoms with E-state index in [1.54, 1.807) is 18.2 Å². The largest absolute Gasteiger partial charge is 0.312 e. The first-order chi connectivity index (χ1) is 9.92. The van der Waals surface area contributed by atoms with Crippen LogP contribution in [0, 0.1) is 6.92 Å². The van der Waals surface area contributed by atoms with Crippen LogP contribution in [0.1, 0.15) is 17.4 Å². The monoisotopic (exact) mass is 344 g/mol. The van der Waals surface area contributed by atoms with Gasteiger partial charge < -0.3 is 5.32 Å². The van der Waals surface area contributed by atoms with Crippen LogP contribution in [0.25, 0.3) is 0 Å². The van der Waals surface area contributed by atoms with E-state index >= 15 is 0 Å². The maximum Gasteiger partial charge on any atom is 0.271 e. The molecule has 2 rings (SSSR count). The molecule has 114 valence electrons. The Labute approximate surface area is 134 Å². The Balaban J connectivity index is 2.19. The maximum absolute atomic E-state index is 12.3. The molecule has 2 N–H and O–H groups in total. The molecule has 0 bridgehead atoms. The van der Waals surface area contributed by atoms with E-state index < -0.39 is 10.0 Å². The minimum Gasteiger partial charge on any atom is -0.312 e. The van der Waals surface area contributed by atoms with E-state index in [0.29, 0.717) is 17.3 Å². The Hall–Kier alpha value is -1.08. The smallest absolute Gasteiger partial charge is 0.271 e. The van der Waals surface area contributed by atoms with Gasteiger partial charge in [0.05, 0.1) is 10.7 Å². The van der Waals surface area contributed by atoms with Crippen LogP contribution in [-0.2, 0) is 16.6 Å². The SMILES string of the molecule is CCNCc1ccc(S(=O)(=O)Nc2ccc(C)cc2Cl)s1. The van der Waals surface area contributed by atoms with Crippen molar-refractivity contribution in [2.75, 3.05) is 11.3 Å². The summed E-state index contributed by atoms with van der Waals surface area (Å²) in [5.41, 5.74) is 1.37. The summed E-state index contributed by atoms with van der Waals surface area (Å²) >= 11 is 7.32. The Morgan fingerprint density at radius 2 is 2.00 bits per heavy atom. The van der Waals surface area contributed by atoms with Gasteiger partial charge in [0, 0.05) is 11.4 Å². The van der Waals surface area contributed by atoms with Gasteiger partial charge in [0.2, 0.25) is 0 Å². The molecular weight excluding hydrogens is 328 g/mol. The third-order valence-electron chi connectivity index (χ3n) is 2.82. The van der Waals surface area contributed by atoms with Gasteiger partial charge in [-0.25, -0.2) is 8.42 Å². The Morgan fingerprint density at radius 1 is 1.24 bits per heavy atom. The first-order valence-corrected chi connectivity index (χ1v) is 9.18. The van der Waals surface area contributed by atoms with Gasteiger partial charge in [-0.15, -0.1) is 11.3 Å². The number of anilines is 1. The molecule has 0 spiro atoms. The lowest BCUT2D eigenvalue weighted by Crippen LogP contribution is -2.12. The summed E-state index contributed by atoms with van der Waals surface area (Å²) in [5.74, 6) is 0. The van der Waals surface area contributed by atoms with E-state index in [1.165, 1.54) is 11.3 Å². The second kappa shape index (κ2) is 6.79. The summed E-state index contributed by atoms with van der Waals surface area (Å²) in [4.78, 5) is 0.979. The number of thiophene rings is 1. The minimum absolute atomic E-state index is 0.284. The van der Waals surface area contributed by atoms with E-state index in [4.69, 9.17) is 11.6 Å². The molecule has 21 heavy (non-hydrogen) atoms. The van der Waals surface area contributed by atoms with Gasteiger partial charge >= 0.3 is 0 Å². The lowest BCUT2D eigenvalue weighted by Gasteiger charge is -2.08. The van der Waals surface area contributed by atoms with Gasteiger partial charge in [-0.2, -0.15) is 0 Å². The number of sulfonamides is 1. The van der Waals surface area contributed by atoms with Crippen molar-refractivity contribution in [3.05, 3.63) is 45.8 Å². The lowest BCUT2D eigenvalue weighted by atomic mass is 10.2. The van der Waals surface area contributed by atoms with Crippen molar-refractivity contribution >= 4 is 38.6 Å². The van der Waals surface area contributed by atoms with Gasteiger partial charge in [-0.05, 0) is 43.3 Å². The normalized spacial score (nSPS) is 11.6. The van der Waals surface area contributed by atoms with E-state index in [-0.39, 0.29) is 4.21 Å². The Bertz CT molecular complexity index is 726. The molecule has 1 aromatic carbocycles. The van der Waals surface area contributed by atoms with E-state index in [2.05, 4.69) is 10.0 Å². The minimum atomic E-state index is -3.60. The second-order valence-corrected chi connectivity index (χ2v) is 8.07. The summed E-state index contributed by atoms with van der Waals surface area (Å²) in [6.45, 7) is 5.42. The summed E-state index contributed by atoms with van der Waals surface area (Å²) in [7, 11) is -3.60. The Kier molecular flexibility index (Phi) is 5.27. The topological polar surface area (TPSA) is 58.2 Å². The molecule has 0 radical (unpaired) electrons. The standard InChI is InChI=1S/C14H17ClN2O2S2/c1-3-16-9-11-5-7-14(20-11)21(18,19)17-13-6-4-10(2)8-12(13)15/h4-8,16-17H,3,9H2,1-2H3. The molecule has 0 atom stereocenters. The summed E-state index contributed by atoms with van der Waals surface area (Å²) in [6, 6.07) is 8.64. The zero-order valence-corrected chi connectivity index (χ0v) is 14.2. The van der Waals surface area contributed by atoms with Gasteiger partial charge in [0.1, 0.15) is 4.21 Å². The molecule has 0 saturated carbocycles. The molecule has 0 unspecified atom stereocenters. The van der Waals surface area contributed by atoms with Crippen LogP contribution >= 0.6 is 22.9 Å². The summed E-state index contributed by atoms with van der Waals surface area (Å²) in [6.07, 6.45) is 0. The Morgan fingerprint density at radius 3 is 2.67 bits per heavy atom. The predicted molar refractivity (Wildman–Crippen MR) is 88.7 cm³/mol. The van der Waals surface area contributed by atoms with Gasteiger partial charge in [0.15, 0.2) is 0 Å². The van der Waals surface area contributed by atoms with Crippen molar-refractivity contribution in [3.63, 3.8) is 0 Å². The highest BCUT2D eigenvalue weighted by Crippen LogP contribution is 2.28. The van der Waals surface area contributed by atoms with Crippen molar-refractivity contribution in [1.82, 2.24) is 5.32 Å². The summed E-state index contributed by atoms with van der Waals surface area (Å²) < 4.78 is 27.5. The fraction of sp³-hybridized carbons (Fsp3) is 0.286.